The van der Waals surface area contributed by atoms with E-state index >= 15 is 0 Å². The highest BCUT2D eigenvalue weighted by Gasteiger charge is 2.30. The summed E-state index contributed by atoms with van der Waals surface area (Å²) in [7, 11) is 0. The van der Waals surface area contributed by atoms with Gasteiger partial charge < -0.3 is 19.7 Å². The zero-order valence-corrected chi connectivity index (χ0v) is 8.94. The summed E-state index contributed by atoms with van der Waals surface area (Å²) in [6.07, 6.45) is 3.17. The van der Waals surface area contributed by atoms with Gasteiger partial charge in [0, 0.05) is 6.61 Å². The first-order chi connectivity index (χ1) is 7.02. The minimum atomic E-state index is -1.81. The van der Waals surface area contributed by atoms with Crippen LogP contribution in [0.5, 0.6) is 0 Å². The maximum Gasteiger partial charge on any atom is 0.337 e. The van der Waals surface area contributed by atoms with Gasteiger partial charge in [-0.3, -0.25) is 0 Å². The van der Waals surface area contributed by atoms with Crippen molar-refractivity contribution in [2.45, 2.75) is 37.9 Å². The fourth-order valence-electron chi connectivity index (χ4n) is 1.39. The van der Waals surface area contributed by atoms with E-state index in [4.69, 9.17) is 14.6 Å². The Hall–Kier alpha value is -0.650. The Balaban J connectivity index is 2.17. The molecule has 88 valence electrons. The number of carboxylic acid groups (broad SMARTS) is 1. The maximum absolute atomic E-state index is 10.5. The third-order valence-electron chi connectivity index (χ3n) is 2.42. The van der Waals surface area contributed by atoms with Crippen molar-refractivity contribution in [3.63, 3.8) is 0 Å². The van der Waals surface area contributed by atoms with Gasteiger partial charge in [-0.25, -0.2) is 4.79 Å². The van der Waals surface area contributed by atoms with Crippen LogP contribution in [-0.4, -0.2) is 47.7 Å². The average molecular weight is 218 g/mol. The van der Waals surface area contributed by atoms with Crippen molar-refractivity contribution in [3.8, 4) is 0 Å². The summed E-state index contributed by atoms with van der Waals surface area (Å²) in [4.78, 5) is 10.5. The molecule has 0 amide bonds. The van der Waals surface area contributed by atoms with E-state index in [0.29, 0.717) is 6.61 Å². The van der Waals surface area contributed by atoms with Gasteiger partial charge in [-0.05, 0) is 26.2 Å². The van der Waals surface area contributed by atoms with Crippen molar-refractivity contribution in [3.05, 3.63) is 0 Å². The van der Waals surface area contributed by atoms with Crippen LogP contribution in [0, 0.1) is 0 Å². The van der Waals surface area contributed by atoms with Crippen LogP contribution in [0.2, 0.25) is 0 Å². The van der Waals surface area contributed by atoms with Crippen LogP contribution in [0.3, 0.4) is 0 Å². The number of aliphatic carboxylic acids is 1. The molecule has 0 aromatic carbocycles. The number of ether oxygens (including phenoxy) is 2. The molecule has 2 unspecified atom stereocenters. The van der Waals surface area contributed by atoms with E-state index in [0.717, 1.165) is 25.9 Å². The second-order valence-corrected chi connectivity index (χ2v) is 4.08. The third-order valence-corrected chi connectivity index (χ3v) is 2.42. The topological polar surface area (TPSA) is 76.0 Å². The number of carbonyl (C=O) groups is 1. The molecule has 0 bridgehead atoms. The first kappa shape index (κ1) is 12.4. The zero-order chi connectivity index (χ0) is 11.3. The molecule has 15 heavy (non-hydrogen) atoms. The molecule has 0 spiro atoms. The molecule has 1 fully saturated rings. The van der Waals surface area contributed by atoms with Gasteiger partial charge in [-0.2, -0.15) is 0 Å². The van der Waals surface area contributed by atoms with Gasteiger partial charge in [0.25, 0.3) is 0 Å². The van der Waals surface area contributed by atoms with Crippen molar-refractivity contribution < 1.29 is 24.5 Å². The molecule has 1 heterocycles. The second-order valence-electron chi connectivity index (χ2n) is 4.08. The molecule has 1 saturated heterocycles. The highest BCUT2D eigenvalue weighted by Crippen LogP contribution is 2.13. The Labute approximate surface area is 89.0 Å². The van der Waals surface area contributed by atoms with Crippen LogP contribution >= 0.6 is 0 Å². The lowest BCUT2D eigenvalue weighted by atomic mass is 10.1. The standard InChI is InChI=1S/C10H18O5/c1-10(13,9(11)12)7-14-6-8-4-2-3-5-15-8/h8,13H,2-7H2,1H3,(H,11,12). The minimum Gasteiger partial charge on any atom is -0.479 e. The summed E-state index contributed by atoms with van der Waals surface area (Å²) in [5, 5.41) is 18.0. The molecule has 0 aromatic heterocycles. The van der Waals surface area contributed by atoms with Crippen LogP contribution < -0.4 is 0 Å². The van der Waals surface area contributed by atoms with E-state index in [1.165, 1.54) is 6.92 Å². The monoisotopic (exact) mass is 218 g/mol. The SMILES string of the molecule is CC(O)(COCC1CCCCO1)C(=O)O. The Kier molecular flexibility index (Phi) is 4.50. The molecule has 5 nitrogen and oxygen atoms in total. The van der Waals surface area contributed by atoms with Gasteiger partial charge in [0.15, 0.2) is 5.60 Å². The lowest BCUT2D eigenvalue weighted by molar-refractivity contribution is -0.164. The fourth-order valence-corrected chi connectivity index (χ4v) is 1.39. The first-order valence-corrected chi connectivity index (χ1v) is 5.17. The van der Waals surface area contributed by atoms with Gasteiger partial charge in [-0.1, -0.05) is 0 Å². The zero-order valence-electron chi connectivity index (χ0n) is 8.94. The fraction of sp³-hybridized carbons (Fsp3) is 0.900. The molecule has 0 radical (unpaired) electrons. The molecule has 0 aromatic rings. The predicted octanol–water partition coefficient (Wildman–Crippen LogP) is 0.408. The molecular weight excluding hydrogens is 200 g/mol. The van der Waals surface area contributed by atoms with Gasteiger partial charge >= 0.3 is 5.97 Å². The largest absolute Gasteiger partial charge is 0.479 e. The quantitative estimate of drug-likeness (QED) is 0.699. The van der Waals surface area contributed by atoms with Gasteiger partial charge in [0.05, 0.1) is 19.3 Å². The van der Waals surface area contributed by atoms with Crippen LogP contribution in [0.15, 0.2) is 0 Å². The average Bonchev–Trinajstić information content (AvgIpc) is 2.19. The van der Waals surface area contributed by atoms with E-state index in [-0.39, 0.29) is 12.7 Å². The lowest BCUT2D eigenvalue weighted by Crippen LogP contribution is -2.41. The summed E-state index contributed by atoms with van der Waals surface area (Å²) in [5.41, 5.74) is -1.81. The van der Waals surface area contributed by atoms with Crippen molar-refractivity contribution in [1.29, 1.82) is 0 Å². The number of aliphatic hydroxyl groups is 1. The summed E-state index contributed by atoms with van der Waals surface area (Å²) in [6.45, 7) is 2.10. The Morgan fingerprint density at radius 1 is 1.60 bits per heavy atom. The summed E-state index contributed by atoms with van der Waals surface area (Å²) in [6, 6.07) is 0. The minimum absolute atomic E-state index is 0.0448. The van der Waals surface area contributed by atoms with Crippen molar-refractivity contribution in [1.82, 2.24) is 0 Å². The summed E-state index contributed by atoms with van der Waals surface area (Å²) >= 11 is 0. The molecule has 1 aliphatic rings. The molecule has 2 N–H and O–H groups in total. The van der Waals surface area contributed by atoms with E-state index in [1.54, 1.807) is 0 Å². The maximum atomic E-state index is 10.5. The normalized spacial score (nSPS) is 25.9. The number of carboxylic acids is 1. The Morgan fingerprint density at radius 2 is 2.33 bits per heavy atom. The molecule has 5 heteroatoms. The van der Waals surface area contributed by atoms with Crippen molar-refractivity contribution >= 4 is 5.97 Å². The van der Waals surface area contributed by atoms with Crippen LogP contribution in [0.1, 0.15) is 26.2 Å². The summed E-state index contributed by atoms with van der Waals surface area (Å²) in [5.74, 6) is -1.27. The van der Waals surface area contributed by atoms with Crippen molar-refractivity contribution in [2.75, 3.05) is 19.8 Å². The predicted molar refractivity (Wildman–Crippen MR) is 52.7 cm³/mol. The van der Waals surface area contributed by atoms with Crippen LogP contribution in [-0.2, 0) is 14.3 Å². The van der Waals surface area contributed by atoms with Gasteiger partial charge in [0.2, 0.25) is 0 Å². The first-order valence-electron chi connectivity index (χ1n) is 5.17. The van der Waals surface area contributed by atoms with E-state index in [9.17, 15) is 9.90 Å². The molecule has 2 atom stereocenters. The number of hydrogen-bond donors (Lipinski definition) is 2. The van der Waals surface area contributed by atoms with E-state index < -0.39 is 11.6 Å². The van der Waals surface area contributed by atoms with Crippen LogP contribution in [0.4, 0.5) is 0 Å². The van der Waals surface area contributed by atoms with Gasteiger partial charge in [-0.15, -0.1) is 0 Å². The molecule has 0 aliphatic carbocycles. The lowest BCUT2D eigenvalue weighted by Gasteiger charge is -2.24. The highest BCUT2D eigenvalue weighted by atomic mass is 16.5. The van der Waals surface area contributed by atoms with Gasteiger partial charge in [0.1, 0.15) is 0 Å². The number of rotatable bonds is 5. The van der Waals surface area contributed by atoms with Crippen LogP contribution in [0.25, 0.3) is 0 Å². The van der Waals surface area contributed by atoms with Crippen molar-refractivity contribution in [2.24, 2.45) is 0 Å². The molecule has 1 aliphatic heterocycles. The van der Waals surface area contributed by atoms with E-state index in [2.05, 4.69) is 0 Å². The molecule has 0 saturated carbocycles. The summed E-state index contributed by atoms with van der Waals surface area (Å²) < 4.78 is 10.5. The number of hydrogen-bond acceptors (Lipinski definition) is 4. The molecule has 1 rings (SSSR count). The second kappa shape index (κ2) is 5.44. The Bertz CT molecular complexity index is 208. The van der Waals surface area contributed by atoms with E-state index in [1.807, 2.05) is 0 Å². The highest BCUT2D eigenvalue weighted by molar-refractivity contribution is 5.76. The third kappa shape index (κ3) is 4.15. The smallest absolute Gasteiger partial charge is 0.337 e. The Morgan fingerprint density at radius 3 is 2.87 bits per heavy atom. The molecular formula is C10H18O5.